The van der Waals surface area contributed by atoms with Crippen molar-refractivity contribution in [2.45, 2.75) is 32.7 Å². The predicted molar refractivity (Wildman–Crippen MR) is 44.9 cm³/mol. The lowest BCUT2D eigenvalue weighted by Gasteiger charge is -2.34. The first-order valence-corrected chi connectivity index (χ1v) is 3.70. The van der Waals surface area contributed by atoms with Gasteiger partial charge in [-0.25, -0.2) is 10.6 Å². The quantitative estimate of drug-likeness (QED) is 0.354. The Hall–Kier alpha value is -0.770. The van der Waals surface area contributed by atoms with Gasteiger partial charge in [0.25, 0.3) is 0 Å². The summed E-state index contributed by atoms with van der Waals surface area (Å²) in [6, 6.07) is -0.253. The molecule has 0 saturated carbocycles. The van der Waals surface area contributed by atoms with Gasteiger partial charge in [0.05, 0.1) is 0 Å². The molecule has 2 amide bonds. The molecular formula is C7H17N3O. The van der Waals surface area contributed by atoms with Gasteiger partial charge in [0.15, 0.2) is 0 Å². The molecule has 0 aliphatic carbocycles. The molecule has 11 heavy (non-hydrogen) atoms. The Morgan fingerprint density at radius 3 is 2.36 bits per heavy atom. The topological polar surface area (TPSA) is 58.4 Å². The van der Waals surface area contributed by atoms with Gasteiger partial charge < -0.3 is 4.90 Å². The number of nitrogens with zero attached hydrogens (tertiary/aromatic N) is 1. The molecule has 0 heterocycles. The number of carbonyl (C=O) groups is 1. The third kappa shape index (κ3) is 2.38. The fourth-order valence-electron chi connectivity index (χ4n) is 0.609. The van der Waals surface area contributed by atoms with E-state index < -0.39 is 0 Å². The highest BCUT2D eigenvalue weighted by atomic mass is 16.2. The van der Waals surface area contributed by atoms with Gasteiger partial charge >= 0.3 is 6.03 Å². The Morgan fingerprint density at radius 2 is 2.09 bits per heavy atom. The van der Waals surface area contributed by atoms with Crippen molar-refractivity contribution in [3.8, 4) is 0 Å². The molecule has 66 valence electrons. The highest BCUT2D eigenvalue weighted by Gasteiger charge is 2.24. The molecule has 0 saturated heterocycles. The van der Waals surface area contributed by atoms with Crippen molar-refractivity contribution in [3.05, 3.63) is 0 Å². The van der Waals surface area contributed by atoms with Crippen LogP contribution in [0.4, 0.5) is 4.79 Å². The van der Waals surface area contributed by atoms with Crippen LogP contribution >= 0.6 is 0 Å². The zero-order valence-electron chi connectivity index (χ0n) is 7.64. The summed E-state index contributed by atoms with van der Waals surface area (Å²) in [7, 11) is 1.73. The summed E-state index contributed by atoms with van der Waals surface area (Å²) in [5.74, 6) is 4.98. The van der Waals surface area contributed by atoms with Crippen molar-refractivity contribution in [3.63, 3.8) is 0 Å². The minimum Gasteiger partial charge on any atom is -0.322 e. The summed E-state index contributed by atoms with van der Waals surface area (Å²) < 4.78 is 0. The van der Waals surface area contributed by atoms with Gasteiger partial charge in [-0.3, -0.25) is 5.43 Å². The van der Waals surface area contributed by atoms with Crippen molar-refractivity contribution >= 4 is 6.03 Å². The van der Waals surface area contributed by atoms with Crippen LogP contribution in [0.1, 0.15) is 27.2 Å². The fourth-order valence-corrected chi connectivity index (χ4v) is 0.609. The van der Waals surface area contributed by atoms with E-state index in [0.29, 0.717) is 0 Å². The first-order chi connectivity index (χ1) is 4.95. The van der Waals surface area contributed by atoms with Crippen molar-refractivity contribution in [2.75, 3.05) is 7.05 Å². The predicted octanol–water partition coefficient (Wildman–Crippen LogP) is 0.690. The van der Waals surface area contributed by atoms with Crippen LogP contribution in [0.3, 0.4) is 0 Å². The Kier molecular flexibility index (Phi) is 3.32. The van der Waals surface area contributed by atoms with Gasteiger partial charge in [0.1, 0.15) is 0 Å². The van der Waals surface area contributed by atoms with Crippen molar-refractivity contribution in [2.24, 2.45) is 5.84 Å². The SMILES string of the molecule is CCC(C)(C)N(C)C(=O)NN. The lowest BCUT2D eigenvalue weighted by atomic mass is 10.0. The second kappa shape index (κ2) is 3.57. The molecule has 4 heteroatoms. The van der Waals surface area contributed by atoms with E-state index >= 15 is 0 Å². The first-order valence-electron chi connectivity index (χ1n) is 3.70. The van der Waals surface area contributed by atoms with E-state index in [2.05, 4.69) is 5.43 Å². The Balaban J connectivity index is 4.22. The van der Waals surface area contributed by atoms with E-state index in [-0.39, 0.29) is 11.6 Å². The molecule has 0 fully saturated rings. The third-order valence-electron chi connectivity index (χ3n) is 2.20. The van der Waals surface area contributed by atoms with Gasteiger partial charge in [-0.1, -0.05) is 6.92 Å². The zero-order chi connectivity index (χ0) is 9.07. The Morgan fingerprint density at radius 1 is 1.64 bits per heavy atom. The number of hydrogen-bond donors (Lipinski definition) is 2. The second-order valence-electron chi connectivity index (χ2n) is 3.17. The minimum atomic E-state index is -0.253. The number of nitrogens with one attached hydrogen (secondary N) is 1. The van der Waals surface area contributed by atoms with Crippen LogP contribution < -0.4 is 11.3 Å². The average molecular weight is 159 g/mol. The van der Waals surface area contributed by atoms with Crippen molar-refractivity contribution in [1.29, 1.82) is 0 Å². The molecule has 0 spiro atoms. The molecule has 0 unspecified atom stereocenters. The van der Waals surface area contributed by atoms with Crippen LogP contribution in [0.25, 0.3) is 0 Å². The average Bonchev–Trinajstić information content (AvgIpc) is 2.01. The van der Waals surface area contributed by atoms with Crippen LogP contribution in [0, 0.1) is 0 Å². The number of hydrazine groups is 1. The number of carbonyl (C=O) groups excluding carboxylic acids is 1. The van der Waals surface area contributed by atoms with Crippen LogP contribution in [0.5, 0.6) is 0 Å². The van der Waals surface area contributed by atoms with Crippen LogP contribution in [0.15, 0.2) is 0 Å². The Labute approximate surface area is 67.7 Å². The Bertz CT molecular complexity index is 145. The van der Waals surface area contributed by atoms with E-state index in [9.17, 15) is 4.79 Å². The summed E-state index contributed by atoms with van der Waals surface area (Å²) in [6.45, 7) is 6.00. The normalized spacial score (nSPS) is 11.0. The van der Waals surface area contributed by atoms with Crippen LogP contribution in [0.2, 0.25) is 0 Å². The summed E-state index contributed by atoms with van der Waals surface area (Å²) in [6.07, 6.45) is 0.900. The second-order valence-corrected chi connectivity index (χ2v) is 3.17. The molecule has 0 aromatic rings. The molecule has 0 bridgehead atoms. The molecule has 3 N–H and O–H groups in total. The highest BCUT2D eigenvalue weighted by molar-refractivity contribution is 5.73. The standard InChI is InChI=1S/C7H17N3O/c1-5-7(2,3)10(4)6(11)9-8/h5,8H2,1-4H3,(H,9,11). The first kappa shape index (κ1) is 10.2. The van der Waals surface area contributed by atoms with Gasteiger partial charge in [-0.15, -0.1) is 0 Å². The molecular weight excluding hydrogens is 142 g/mol. The third-order valence-corrected chi connectivity index (χ3v) is 2.20. The van der Waals surface area contributed by atoms with E-state index in [4.69, 9.17) is 5.84 Å². The molecule has 0 atom stereocenters. The maximum atomic E-state index is 11.0. The minimum absolute atomic E-state index is 0.135. The molecule has 0 aliphatic rings. The molecule has 0 radical (unpaired) electrons. The maximum absolute atomic E-state index is 11.0. The van der Waals surface area contributed by atoms with Crippen LogP contribution in [-0.4, -0.2) is 23.5 Å². The lowest BCUT2D eigenvalue weighted by molar-refractivity contribution is 0.153. The largest absolute Gasteiger partial charge is 0.331 e. The number of nitrogens with two attached hydrogens (primary N) is 1. The fraction of sp³-hybridized carbons (Fsp3) is 0.857. The monoisotopic (exact) mass is 159 g/mol. The molecule has 0 rings (SSSR count). The lowest BCUT2D eigenvalue weighted by Crippen LogP contribution is -2.51. The molecule has 0 aromatic carbocycles. The van der Waals surface area contributed by atoms with Crippen molar-refractivity contribution in [1.82, 2.24) is 10.3 Å². The van der Waals surface area contributed by atoms with Gasteiger partial charge in [0.2, 0.25) is 0 Å². The van der Waals surface area contributed by atoms with Gasteiger partial charge in [0, 0.05) is 12.6 Å². The van der Waals surface area contributed by atoms with Crippen molar-refractivity contribution < 1.29 is 4.79 Å². The number of hydrogen-bond acceptors (Lipinski definition) is 2. The van der Waals surface area contributed by atoms with Gasteiger partial charge in [-0.2, -0.15) is 0 Å². The zero-order valence-corrected chi connectivity index (χ0v) is 7.64. The molecule has 0 aliphatic heterocycles. The molecule has 0 aromatic heterocycles. The van der Waals surface area contributed by atoms with E-state index in [1.807, 2.05) is 20.8 Å². The van der Waals surface area contributed by atoms with Gasteiger partial charge in [-0.05, 0) is 20.3 Å². The molecule has 4 nitrogen and oxygen atoms in total. The number of rotatable bonds is 2. The summed E-state index contributed by atoms with van der Waals surface area (Å²) >= 11 is 0. The highest BCUT2D eigenvalue weighted by Crippen LogP contribution is 2.15. The van der Waals surface area contributed by atoms with Crippen LogP contribution in [-0.2, 0) is 0 Å². The summed E-state index contributed by atoms with van der Waals surface area (Å²) in [5.41, 5.74) is 1.96. The van der Waals surface area contributed by atoms with E-state index in [0.717, 1.165) is 6.42 Å². The number of amides is 2. The van der Waals surface area contributed by atoms with E-state index in [1.165, 1.54) is 0 Å². The van der Waals surface area contributed by atoms with E-state index in [1.54, 1.807) is 11.9 Å². The summed E-state index contributed by atoms with van der Waals surface area (Å²) in [4.78, 5) is 12.6. The summed E-state index contributed by atoms with van der Waals surface area (Å²) in [5, 5.41) is 0. The number of urea groups is 1. The maximum Gasteiger partial charge on any atom is 0.331 e. The smallest absolute Gasteiger partial charge is 0.322 e.